The normalized spacial score (nSPS) is 11.3. The van der Waals surface area contributed by atoms with Crippen LogP contribution in [0.5, 0.6) is 0 Å². The second kappa shape index (κ2) is 15.1. The van der Waals surface area contributed by atoms with Crippen molar-refractivity contribution in [2.45, 2.75) is 0 Å². The van der Waals surface area contributed by atoms with Crippen LogP contribution >= 0.6 is 0 Å². The summed E-state index contributed by atoms with van der Waals surface area (Å²) in [4.78, 5) is 2.44. The van der Waals surface area contributed by atoms with E-state index in [1.165, 1.54) is 66.0 Å². The molecule has 1 aromatic heterocycles. The zero-order valence-electron chi connectivity index (χ0n) is 33.0. The van der Waals surface area contributed by atoms with Crippen molar-refractivity contribution in [3.8, 4) is 50.2 Å². The Kier molecular flexibility index (Phi) is 8.87. The molecule has 2 heteroatoms. The monoisotopic (exact) mass is 764 g/mol. The van der Waals surface area contributed by atoms with Crippen molar-refractivity contribution in [3.63, 3.8) is 0 Å². The van der Waals surface area contributed by atoms with Gasteiger partial charge in [-0.05, 0) is 104 Å². The topological polar surface area (TPSA) is 8.17 Å². The minimum absolute atomic E-state index is 1.07. The Morgan fingerprint density at radius 3 is 1.52 bits per heavy atom. The van der Waals surface area contributed by atoms with Gasteiger partial charge >= 0.3 is 0 Å². The molecule has 0 unspecified atom stereocenters. The van der Waals surface area contributed by atoms with Gasteiger partial charge in [0, 0.05) is 33.4 Å². The van der Waals surface area contributed by atoms with Crippen molar-refractivity contribution >= 4 is 49.6 Å². The fourth-order valence-electron chi connectivity index (χ4n) is 9.03. The van der Waals surface area contributed by atoms with Crippen LogP contribution < -0.4 is 4.90 Å². The van der Waals surface area contributed by atoms with E-state index in [0.717, 1.165) is 33.9 Å². The molecule has 0 aliphatic rings. The van der Waals surface area contributed by atoms with Crippen LogP contribution in [0.4, 0.5) is 17.1 Å². The van der Waals surface area contributed by atoms with Crippen LogP contribution in [0.1, 0.15) is 0 Å². The van der Waals surface area contributed by atoms with E-state index in [4.69, 9.17) is 0 Å². The van der Waals surface area contributed by atoms with Crippen molar-refractivity contribution in [1.29, 1.82) is 0 Å². The fourth-order valence-corrected chi connectivity index (χ4v) is 9.03. The average Bonchev–Trinajstić information content (AvgIpc) is 3.67. The van der Waals surface area contributed by atoms with Crippen LogP contribution in [0.2, 0.25) is 0 Å². The molecule has 60 heavy (non-hydrogen) atoms. The van der Waals surface area contributed by atoms with E-state index < -0.39 is 0 Å². The zero-order chi connectivity index (χ0) is 39.8. The third-order valence-electron chi connectivity index (χ3n) is 11.8. The second-order valence-corrected chi connectivity index (χ2v) is 15.3. The van der Waals surface area contributed by atoms with E-state index in [1.54, 1.807) is 0 Å². The molecule has 11 rings (SSSR count). The summed E-state index contributed by atoms with van der Waals surface area (Å²) >= 11 is 0. The quantitative estimate of drug-likeness (QED) is 0.150. The van der Waals surface area contributed by atoms with Crippen molar-refractivity contribution in [3.05, 3.63) is 243 Å². The Bertz CT molecular complexity index is 3280. The van der Waals surface area contributed by atoms with E-state index in [2.05, 4.69) is 252 Å². The summed E-state index contributed by atoms with van der Waals surface area (Å²) in [5.41, 5.74) is 16.2. The number of benzene rings is 10. The molecule has 0 aliphatic carbocycles. The second-order valence-electron chi connectivity index (χ2n) is 15.3. The molecule has 2 nitrogen and oxygen atoms in total. The molecule has 0 radical (unpaired) electrons. The van der Waals surface area contributed by atoms with Gasteiger partial charge in [0.2, 0.25) is 0 Å². The minimum Gasteiger partial charge on any atom is -0.310 e. The summed E-state index contributed by atoms with van der Waals surface area (Å²) in [6.07, 6.45) is 0. The third kappa shape index (κ3) is 6.23. The third-order valence-corrected chi connectivity index (χ3v) is 11.8. The standard InChI is InChI=1S/C58H40N2/c1-2-19-42(20-3-1)49-26-6-7-27-50(49)51-28-8-9-29-52(51)53-30-10-13-33-56(53)59(46-23-16-22-44(39-46)45-37-36-41-18-4-5-21-43(41)38-45)47-24-17-25-48(40-47)60-57-34-14-11-31-54(57)55-32-12-15-35-58(55)60/h1-40H. The summed E-state index contributed by atoms with van der Waals surface area (Å²) in [6.45, 7) is 0. The van der Waals surface area contributed by atoms with Crippen molar-refractivity contribution < 1.29 is 0 Å². The summed E-state index contributed by atoms with van der Waals surface area (Å²) in [5, 5.41) is 4.96. The van der Waals surface area contributed by atoms with Crippen LogP contribution in [-0.2, 0) is 0 Å². The van der Waals surface area contributed by atoms with Crippen LogP contribution in [0.3, 0.4) is 0 Å². The van der Waals surface area contributed by atoms with Gasteiger partial charge in [-0.3, -0.25) is 0 Å². The van der Waals surface area contributed by atoms with E-state index in [0.29, 0.717) is 0 Å². The first-order chi connectivity index (χ1) is 29.8. The highest BCUT2D eigenvalue weighted by atomic mass is 15.1. The fraction of sp³-hybridized carbons (Fsp3) is 0. The smallest absolute Gasteiger partial charge is 0.0541 e. The summed E-state index contributed by atoms with van der Waals surface area (Å²) in [7, 11) is 0. The van der Waals surface area contributed by atoms with Gasteiger partial charge in [-0.2, -0.15) is 0 Å². The molecule has 282 valence electrons. The van der Waals surface area contributed by atoms with Gasteiger partial charge < -0.3 is 9.47 Å². The largest absolute Gasteiger partial charge is 0.310 e. The number of fused-ring (bicyclic) bond motifs is 4. The van der Waals surface area contributed by atoms with Gasteiger partial charge in [0.25, 0.3) is 0 Å². The molecule has 1 heterocycles. The SMILES string of the molecule is c1ccc(-c2ccccc2-c2ccccc2-c2ccccc2N(c2cccc(-c3ccc4ccccc4c3)c2)c2cccc(-n3c4ccccc4c4ccccc43)c2)cc1. The van der Waals surface area contributed by atoms with Gasteiger partial charge in [0.1, 0.15) is 0 Å². The van der Waals surface area contributed by atoms with Gasteiger partial charge in [0.05, 0.1) is 16.7 Å². The summed E-state index contributed by atoms with van der Waals surface area (Å²) in [5.74, 6) is 0. The maximum absolute atomic E-state index is 2.44. The van der Waals surface area contributed by atoms with Crippen LogP contribution in [-0.4, -0.2) is 4.57 Å². The first kappa shape index (κ1) is 35.2. The molecule has 0 aliphatic heterocycles. The number of hydrogen-bond donors (Lipinski definition) is 0. The summed E-state index contributed by atoms with van der Waals surface area (Å²) in [6, 6.07) is 88.0. The van der Waals surface area contributed by atoms with E-state index in [9.17, 15) is 0 Å². The van der Waals surface area contributed by atoms with Crippen molar-refractivity contribution in [1.82, 2.24) is 4.57 Å². The Morgan fingerprint density at radius 1 is 0.283 bits per heavy atom. The van der Waals surface area contributed by atoms with E-state index >= 15 is 0 Å². The predicted octanol–water partition coefficient (Wildman–Crippen LogP) is 16.1. The number of rotatable bonds is 8. The highest BCUT2D eigenvalue weighted by Crippen LogP contribution is 2.46. The maximum atomic E-state index is 2.44. The van der Waals surface area contributed by atoms with E-state index in [1.807, 2.05) is 0 Å². The van der Waals surface area contributed by atoms with Gasteiger partial charge in [0.15, 0.2) is 0 Å². The van der Waals surface area contributed by atoms with Crippen molar-refractivity contribution in [2.24, 2.45) is 0 Å². The highest BCUT2D eigenvalue weighted by Gasteiger charge is 2.22. The lowest BCUT2D eigenvalue weighted by Crippen LogP contribution is -2.12. The molecule has 0 saturated heterocycles. The predicted molar refractivity (Wildman–Crippen MR) is 255 cm³/mol. The molecule has 0 amide bonds. The van der Waals surface area contributed by atoms with Gasteiger partial charge in [-0.25, -0.2) is 0 Å². The number of anilines is 3. The zero-order valence-corrected chi connectivity index (χ0v) is 33.0. The number of aromatic nitrogens is 1. The first-order valence-electron chi connectivity index (χ1n) is 20.6. The van der Waals surface area contributed by atoms with Crippen LogP contribution in [0.25, 0.3) is 82.8 Å². The molecule has 0 fully saturated rings. The molecule has 10 aromatic carbocycles. The molecule has 0 spiro atoms. The molecular formula is C58H40N2. The maximum Gasteiger partial charge on any atom is 0.0541 e. The molecule has 11 aromatic rings. The van der Waals surface area contributed by atoms with Crippen molar-refractivity contribution in [2.75, 3.05) is 4.90 Å². The Labute approximate surface area is 350 Å². The average molecular weight is 765 g/mol. The molecule has 0 atom stereocenters. The van der Waals surface area contributed by atoms with Gasteiger partial charge in [-0.15, -0.1) is 0 Å². The van der Waals surface area contributed by atoms with Crippen LogP contribution in [0, 0.1) is 0 Å². The number of para-hydroxylation sites is 3. The Hall–Kier alpha value is -7.94. The Morgan fingerprint density at radius 2 is 0.783 bits per heavy atom. The molecular weight excluding hydrogens is 725 g/mol. The van der Waals surface area contributed by atoms with Gasteiger partial charge in [-0.1, -0.05) is 188 Å². The first-order valence-corrected chi connectivity index (χ1v) is 20.6. The molecule has 0 bridgehead atoms. The number of hydrogen-bond acceptors (Lipinski definition) is 1. The molecule has 0 N–H and O–H groups in total. The minimum atomic E-state index is 1.07. The van der Waals surface area contributed by atoms with E-state index in [-0.39, 0.29) is 0 Å². The lowest BCUT2D eigenvalue weighted by Gasteiger charge is -2.29. The molecule has 0 saturated carbocycles. The lowest BCUT2D eigenvalue weighted by atomic mass is 9.88. The number of nitrogens with zero attached hydrogens (tertiary/aromatic N) is 2. The van der Waals surface area contributed by atoms with Crippen LogP contribution in [0.15, 0.2) is 243 Å². The highest BCUT2D eigenvalue weighted by molar-refractivity contribution is 6.09. The summed E-state index contributed by atoms with van der Waals surface area (Å²) < 4.78 is 2.40. The Balaban J connectivity index is 1.13. The lowest BCUT2D eigenvalue weighted by molar-refractivity contribution is 1.17.